The lowest BCUT2D eigenvalue weighted by molar-refractivity contribution is -0.134. The molecule has 0 bridgehead atoms. The quantitative estimate of drug-likeness (QED) is 0.473. The van der Waals surface area contributed by atoms with Gasteiger partial charge >= 0.3 is 0 Å². The van der Waals surface area contributed by atoms with Crippen molar-refractivity contribution in [3.63, 3.8) is 0 Å². The number of rotatable bonds is 7. The van der Waals surface area contributed by atoms with Crippen LogP contribution in [0.25, 0.3) is 11.0 Å². The maximum atomic E-state index is 13.5. The van der Waals surface area contributed by atoms with Gasteiger partial charge in [-0.3, -0.25) is 4.79 Å². The third kappa shape index (κ3) is 5.74. The largest absolute Gasteiger partial charge is 0.375 e. The van der Waals surface area contributed by atoms with Gasteiger partial charge in [0.15, 0.2) is 0 Å². The summed E-state index contributed by atoms with van der Waals surface area (Å²) in [5, 5.41) is 0.416. The van der Waals surface area contributed by atoms with Crippen molar-refractivity contribution in [2.24, 2.45) is 5.92 Å². The zero-order chi connectivity index (χ0) is 25.3. The van der Waals surface area contributed by atoms with Gasteiger partial charge in [-0.05, 0) is 55.0 Å². The van der Waals surface area contributed by atoms with Crippen LogP contribution in [0.15, 0.2) is 41.6 Å². The van der Waals surface area contributed by atoms with Crippen molar-refractivity contribution in [3.05, 3.63) is 52.3 Å². The van der Waals surface area contributed by atoms with Crippen LogP contribution in [0.5, 0.6) is 0 Å². The highest BCUT2D eigenvalue weighted by Gasteiger charge is 2.32. The molecule has 3 aromatic rings. The molecule has 4 rings (SSSR count). The van der Waals surface area contributed by atoms with E-state index >= 15 is 0 Å². The summed E-state index contributed by atoms with van der Waals surface area (Å²) in [6, 6.07) is 7.31. The van der Waals surface area contributed by atoms with E-state index in [-0.39, 0.29) is 27.3 Å². The minimum atomic E-state index is -4.10. The fourth-order valence-corrected chi connectivity index (χ4v) is 6.54. The zero-order valence-electron chi connectivity index (χ0n) is 19.9. The number of aromatic amines is 1. The average molecular weight is 539 g/mol. The number of amides is 1. The molecule has 0 radical (unpaired) electrons. The first-order chi connectivity index (χ1) is 16.5. The van der Waals surface area contributed by atoms with Crippen LogP contribution in [-0.4, -0.2) is 62.4 Å². The number of nitrogens with zero attached hydrogens (tertiary/aromatic N) is 3. The van der Waals surface area contributed by atoms with Gasteiger partial charge in [-0.2, -0.15) is 4.72 Å². The minimum Gasteiger partial charge on any atom is -0.375 e. The Labute approximate surface area is 215 Å². The number of fused-ring (bicyclic) bond motifs is 1. The van der Waals surface area contributed by atoms with Crippen LogP contribution >= 0.6 is 23.2 Å². The van der Waals surface area contributed by atoms with Crippen LogP contribution in [0, 0.1) is 5.92 Å². The Kier molecular flexibility index (Phi) is 7.61. The molecule has 188 valence electrons. The number of imidazole rings is 1. The highest BCUT2D eigenvalue weighted by molar-refractivity contribution is 7.89. The average Bonchev–Trinajstić information content (AvgIpc) is 3.26. The molecule has 8 nitrogen and oxygen atoms in total. The van der Waals surface area contributed by atoms with Gasteiger partial charge in [-0.25, -0.2) is 13.4 Å². The molecular weight excluding hydrogens is 509 g/mol. The van der Waals surface area contributed by atoms with Gasteiger partial charge in [-0.15, -0.1) is 0 Å². The molecule has 2 N–H and O–H groups in total. The zero-order valence-corrected chi connectivity index (χ0v) is 22.2. The van der Waals surface area contributed by atoms with Crippen molar-refractivity contribution in [1.82, 2.24) is 19.6 Å². The van der Waals surface area contributed by atoms with E-state index in [9.17, 15) is 13.2 Å². The topological polar surface area (TPSA) is 98.4 Å². The molecule has 1 aliphatic heterocycles. The van der Waals surface area contributed by atoms with Crippen molar-refractivity contribution in [3.8, 4) is 0 Å². The number of likely N-dealkylation sites (tertiary alicyclic amines) is 1. The van der Waals surface area contributed by atoms with Gasteiger partial charge in [0.1, 0.15) is 6.04 Å². The van der Waals surface area contributed by atoms with Gasteiger partial charge in [0.2, 0.25) is 15.9 Å². The van der Waals surface area contributed by atoms with Gasteiger partial charge in [0.25, 0.3) is 0 Å². The summed E-state index contributed by atoms with van der Waals surface area (Å²) in [5.41, 5.74) is 2.94. The number of halogens is 2. The Bertz CT molecular complexity index is 1310. The van der Waals surface area contributed by atoms with E-state index in [0.29, 0.717) is 24.7 Å². The van der Waals surface area contributed by atoms with Gasteiger partial charge < -0.3 is 14.8 Å². The summed E-state index contributed by atoms with van der Waals surface area (Å²) in [4.78, 5) is 24.2. The minimum absolute atomic E-state index is 0.0917. The van der Waals surface area contributed by atoms with Gasteiger partial charge in [0, 0.05) is 27.2 Å². The second kappa shape index (κ2) is 10.3. The molecule has 1 amide bonds. The molecule has 1 atom stereocenters. The maximum Gasteiger partial charge on any atom is 0.241 e. The van der Waals surface area contributed by atoms with Crippen LogP contribution in [0.3, 0.4) is 0 Å². The SMILES string of the molecule is CC1CCN(C(=O)C(Cc2ccc3[nH]cnc3c2)NS(=O)(=O)c2cc(Cl)c(N(C)C)c(Cl)c2)CC1. The lowest BCUT2D eigenvalue weighted by atomic mass is 9.98. The predicted octanol–water partition coefficient (Wildman–Crippen LogP) is 4.08. The first-order valence-electron chi connectivity index (χ1n) is 11.4. The van der Waals surface area contributed by atoms with Crippen molar-refractivity contribution < 1.29 is 13.2 Å². The Morgan fingerprint density at radius 1 is 1.20 bits per heavy atom. The monoisotopic (exact) mass is 537 g/mol. The molecule has 1 aliphatic rings. The summed E-state index contributed by atoms with van der Waals surface area (Å²) >= 11 is 12.7. The Balaban J connectivity index is 1.65. The summed E-state index contributed by atoms with van der Waals surface area (Å²) in [6.45, 7) is 3.36. The number of benzene rings is 2. The molecule has 1 aromatic heterocycles. The van der Waals surface area contributed by atoms with Crippen LogP contribution in [0.2, 0.25) is 10.0 Å². The third-order valence-electron chi connectivity index (χ3n) is 6.36. The molecule has 0 spiro atoms. The van der Waals surface area contributed by atoms with Crippen LogP contribution in [-0.2, 0) is 21.2 Å². The van der Waals surface area contributed by atoms with E-state index in [0.717, 1.165) is 29.4 Å². The van der Waals surface area contributed by atoms with Crippen LogP contribution < -0.4 is 9.62 Å². The number of hydrogen-bond donors (Lipinski definition) is 2. The lowest BCUT2D eigenvalue weighted by Crippen LogP contribution is -2.51. The molecular formula is C24H29Cl2N5O3S. The van der Waals surface area contributed by atoms with E-state index < -0.39 is 16.1 Å². The number of nitrogens with one attached hydrogen (secondary N) is 2. The molecule has 35 heavy (non-hydrogen) atoms. The Hall–Kier alpha value is -2.33. The van der Waals surface area contributed by atoms with Crippen LogP contribution in [0.4, 0.5) is 5.69 Å². The number of aromatic nitrogens is 2. The standard InChI is InChI=1S/C24H29Cl2N5O3S/c1-15-6-8-31(9-7-15)24(32)22(11-16-4-5-20-21(10-16)28-14-27-20)29-35(33,34)17-12-18(25)23(30(2)3)19(26)13-17/h4-5,10,12-15,22,29H,6-9,11H2,1-3H3,(H,27,28). The number of piperidine rings is 1. The van der Waals surface area contributed by atoms with E-state index in [1.807, 2.05) is 18.2 Å². The molecule has 2 heterocycles. The van der Waals surface area contributed by atoms with Crippen molar-refractivity contribution in [2.45, 2.75) is 37.1 Å². The highest BCUT2D eigenvalue weighted by atomic mass is 35.5. The molecule has 2 aromatic carbocycles. The first-order valence-corrected chi connectivity index (χ1v) is 13.7. The van der Waals surface area contributed by atoms with Crippen molar-refractivity contribution >= 4 is 55.9 Å². The molecule has 1 saturated heterocycles. The number of carbonyl (C=O) groups is 1. The smallest absolute Gasteiger partial charge is 0.241 e. The normalized spacial score (nSPS) is 16.0. The van der Waals surface area contributed by atoms with E-state index in [1.165, 1.54) is 12.1 Å². The molecule has 11 heteroatoms. The number of H-pyrrole nitrogens is 1. The third-order valence-corrected chi connectivity index (χ3v) is 8.39. The Morgan fingerprint density at radius 3 is 2.49 bits per heavy atom. The van der Waals surface area contributed by atoms with Gasteiger partial charge in [0.05, 0.1) is 38.0 Å². The van der Waals surface area contributed by atoms with E-state index in [2.05, 4.69) is 21.6 Å². The number of sulfonamides is 1. The summed E-state index contributed by atoms with van der Waals surface area (Å²) in [6.07, 6.45) is 3.56. The highest BCUT2D eigenvalue weighted by Crippen LogP contribution is 2.35. The molecule has 1 fully saturated rings. The van der Waals surface area contributed by atoms with Gasteiger partial charge in [-0.1, -0.05) is 36.2 Å². The molecule has 1 unspecified atom stereocenters. The summed E-state index contributed by atoms with van der Waals surface area (Å²) in [5.74, 6) is 0.292. The second-order valence-electron chi connectivity index (χ2n) is 9.27. The summed E-state index contributed by atoms with van der Waals surface area (Å²) < 4.78 is 29.4. The van der Waals surface area contributed by atoms with Crippen molar-refractivity contribution in [2.75, 3.05) is 32.1 Å². The fraction of sp³-hybridized carbons (Fsp3) is 0.417. The molecule has 0 aliphatic carbocycles. The van der Waals surface area contributed by atoms with Crippen LogP contribution in [0.1, 0.15) is 25.3 Å². The lowest BCUT2D eigenvalue weighted by Gasteiger charge is -2.33. The predicted molar refractivity (Wildman–Crippen MR) is 140 cm³/mol. The number of anilines is 1. The molecule has 0 saturated carbocycles. The Morgan fingerprint density at radius 2 is 1.86 bits per heavy atom. The maximum absolute atomic E-state index is 13.5. The second-order valence-corrected chi connectivity index (χ2v) is 11.8. The van der Waals surface area contributed by atoms with E-state index in [1.54, 1.807) is 30.2 Å². The summed E-state index contributed by atoms with van der Waals surface area (Å²) in [7, 11) is -0.564. The number of carbonyl (C=O) groups excluding carboxylic acids is 1. The van der Waals surface area contributed by atoms with E-state index in [4.69, 9.17) is 23.2 Å². The first kappa shape index (κ1) is 25.8. The van der Waals surface area contributed by atoms with Crippen molar-refractivity contribution in [1.29, 1.82) is 0 Å². The fourth-order valence-electron chi connectivity index (χ4n) is 4.35. The number of hydrogen-bond acceptors (Lipinski definition) is 5.